The first kappa shape index (κ1) is 17.7. The van der Waals surface area contributed by atoms with Crippen LogP contribution in [-0.4, -0.2) is 39.7 Å². The predicted molar refractivity (Wildman–Crippen MR) is 89.6 cm³/mol. The van der Waals surface area contributed by atoms with Gasteiger partial charge in [-0.1, -0.05) is 24.3 Å². The summed E-state index contributed by atoms with van der Waals surface area (Å²) in [5.74, 6) is 0. The Balaban J connectivity index is 2.88. The van der Waals surface area contributed by atoms with Crippen molar-refractivity contribution in [2.45, 2.75) is 16.0 Å². The maximum Gasteiger partial charge on any atom is 0.298 e. The van der Waals surface area contributed by atoms with Crippen molar-refractivity contribution in [3.63, 3.8) is 0 Å². The molecule has 126 valence electrons. The van der Waals surface area contributed by atoms with E-state index < -0.39 is 24.2 Å². The SMILES string of the molecule is CN(C)c1cccc2c(S(=O)(=O)C(C)(N)S(=O)(=O)O)cccc12. The summed E-state index contributed by atoms with van der Waals surface area (Å²) in [7, 11) is -5.95. The Kier molecular flexibility index (Phi) is 4.18. The van der Waals surface area contributed by atoms with Gasteiger partial charge in [-0.2, -0.15) is 8.42 Å². The van der Waals surface area contributed by atoms with Crippen molar-refractivity contribution in [3.05, 3.63) is 36.4 Å². The molecule has 0 saturated carbocycles. The van der Waals surface area contributed by atoms with Crippen LogP contribution in [0.5, 0.6) is 0 Å². The first-order valence-corrected chi connectivity index (χ1v) is 9.53. The summed E-state index contributed by atoms with van der Waals surface area (Å²) < 4.78 is 54.7. The van der Waals surface area contributed by atoms with E-state index in [0.717, 1.165) is 12.6 Å². The van der Waals surface area contributed by atoms with E-state index >= 15 is 0 Å². The average molecular weight is 358 g/mol. The average Bonchev–Trinajstić information content (AvgIpc) is 2.44. The molecule has 9 heteroatoms. The van der Waals surface area contributed by atoms with Gasteiger partial charge in [0.25, 0.3) is 10.1 Å². The van der Waals surface area contributed by atoms with Crippen LogP contribution in [0.1, 0.15) is 6.92 Å². The third-order valence-corrected chi connectivity index (χ3v) is 7.99. The number of nitrogens with zero attached hydrogens (tertiary/aromatic N) is 1. The predicted octanol–water partition coefficient (Wildman–Crippen LogP) is 1.20. The summed E-state index contributed by atoms with van der Waals surface area (Å²) >= 11 is 0. The summed E-state index contributed by atoms with van der Waals surface area (Å²) in [5.41, 5.74) is 6.22. The van der Waals surface area contributed by atoms with E-state index in [1.165, 1.54) is 12.1 Å². The third kappa shape index (κ3) is 2.69. The lowest BCUT2D eigenvalue weighted by Crippen LogP contribution is -2.51. The minimum absolute atomic E-state index is 0.249. The fraction of sp³-hybridized carbons (Fsp3) is 0.286. The van der Waals surface area contributed by atoms with Crippen molar-refractivity contribution in [2.75, 3.05) is 19.0 Å². The highest BCUT2D eigenvalue weighted by atomic mass is 32.3. The van der Waals surface area contributed by atoms with Crippen molar-refractivity contribution in [2.24, 2.45) is 5.73 Å². The molecule has 2 aromatic carbocycles. The molecule has 0 heterocycles. The number of rotatable bonds is 4. The molecule has 0 amide bonds. The Morgan fingerprint density at radius 2 is 1.52 bits per heavy atom. The second kappa shape index (κ2) is 5.45. The van der Waals surface area contributed by atoms with Crippen LogP contribution >= 0.6 is 0 Å². The highest BCUT2D eigenvalue weighted by molar-refractivity contribution is 8.08. The van der Waals surface area contributed by atoms with Gasteiger partial charge in [0.05, 0.1) is 4.90 Å². The van der Waals surface area contributed by atoms with Gasteiger partial charge in [-0.15, -0.1) is 0 Å². The van der Waals surface area contributed by atoms with E-state index in [2.05, 4.69) is 0 Å². The summed E-state index contributed by atoms with van der Waals surface area (Å²) in [5, 5.41) is 0.962. The highest BCUT2D eigenvalue weighted by Crippen LogP contribution is 2.34. The van der Waals surface area contributed by atoms with Crippen molar-refractivity contribution < 1.29 is 21.4 Å². The molecule has 7 nitrogen and oxygen atoms in total. The topological polar surface area (TPSA) is 118 Å². The van der Waals surface area contributed by atoms with Crippen molar-refractivity contribution in [3.8, 4) is 0 Å². The Bertz CT molecular complexity index is 964. The van der Waals surface area contributed by atoms with Gasteiger partial charge < -0.3 is 4.90 Å². The standard InChI is InChI=1S/C14H18N2O5S2/c1-14(15,23(19,20)21)22(17,18)13-9-5-6-10-11(13)7-4-8-12(10)16(2)3/h4-9H,15H2,1-3H3,(H,19,20,21). The minimum atomic E-state index is -5.02. The normalized spacial score (nSPS) is 15.3. The van der Waals surface area contributed by atoms with Crippen LogP contribution in [0, 0.1) is 0 Å². The molecule has 3 N–H and O–H groups in total. The summed E-state index contributed by atoms with van der Waals surface area (Å²) in [6.45, 7) is 0.756. The molecule has 0 spiro atoms. The zero-order chi connectivity index (χ0) is 17.6. The van der Waals surface area contributed by atoms with Crippen molar-refractivity contribution >= 4 is 36.4 Å². The molecule has 2 rings (SSSR count). The van der Waals surface area contributed by atoms with Crippen LogP contribution in [0.4, 0.5) is 5.69 Å². The van der Waals surface area contributed by atoms with E-state index in [1.54, 1.807) is 32.3 Å². The number of benzene rings is 2. The molecule has 0 aliphatic carbocycles. The lowest BCUT2D eigenvalue weighted by molar-refractivity contribution is 0.458. The van der Waals surface area contributed by atoms with Gasteiger partial charge in [-0.3, -0.25) is 10.3 Å². The molecule has 23 heavy (non-hydrogen) atoms. The maximum atomic E-state index is 12.7. The van der Waals surface area contributed by atoms with E-state index in [-0.39, 0.29) is 4.90 Å². The molecule has 1 atom stereocenters. The molecule has 0 aromatic heterocycles. The summed E-state index contributed by atoms with van der Waals surface area (Å²) in [4.78, 5) is 1.56. The van der Waals surface area contributed by atoms with Crippen LogP contribution in [0.3, 0.4) is 0 Å². The molecule has 2 aromatic rings. The fourth-order valence-corrected chi connectivity index (χ4v) is 4.79. The number of nitrogens with two attached hydrogens (primary N) is 1. The highest BCUT2D eigenvalue weighted by Gasteiger charge is 2.48. The molecule has 0 aliphatic heterocycles. The number of anilines is 1. The van der Waals surface area contributed by atoms with Crippen molar-refractivity contribution in [1.29, 1.82) is 0 Å². The van der Waals surface area contributed by atoms with E-state index in [0.29, 0.717) is 10.8 Å². The fourth-order valence-electron chi connectivity index (χ4n) is 2.25. The summed E-state index contributed by atoms with van der Waals surface area (Å²) in [6.07, 6.45) is 0. The van der Waals surface area contributed by atoms with Crippen LogP contribution in [0.25, 0.3) is 10.8 Å². The van der Waals surface area contributed by atoms with Gasteiger partial charge in [0, 0.05) is 30.6 Å². The zero-order valence-electron chi connectivity index (χ0n) is 12.9. The zero-order valence-corrected chi connectivity index (χ0v) is 14.5. The molecule has 0 fully saturated rings. The van der Waals surface area contributed by atoms with Gasteiger partial charge >= 0.3 is 0 Å². The molecule has 0 bridgehead atoms. The minimum Gasteiger partial charge on any atom is -0.377 e. The van der Waals surface area contributed by atoms with Gasteiger partial charge in [-0.05, 0) is 19.1 Å². The second-order valence-corrected chi connectivity index (χ2v) is 9.87. The Labute approximate surface area is 135 Å². The molecular formula is C14H18N2O5S2. The van der Waals surface area contributed by atoms with Crippen LogP contribution < -0.4 is 10.6 Å². The lowest BCUT2D eigenvalue weighted by atomic mass is 10.1. The smallest absolute Gasteiger partial charge is 0.298 e. The van der Waals surface area contributed by atoms with E-state index in [1.807, 2.05) is 11.0 Å². The molecule has 1 unspecified atom stereocenters. The van der Waals surface area contributed by atoms with E-state index in [9.17, 15) is 21.4 Å². The van der Waals surface area contributed by atoms with Crippen molar-refractivity contribution in [1.82, 2.24) is 0 Å². The number of fused-ring (bicyclic) bond motifs is 1. The van der Waals surface area contributed by atoms with Gasteiger partial charge in [-0.25, -0.2) is 8.42 Å². The first-order valence-electron chi connectivity index (χ1n) is 6.61. The lowest BCUT2D eigenvalue weighted by Gasteiger charge is -2.23. The second-order valence-electron chi connectivity index (χ2n) is 5.52. The van der Waals surface area contributed by atoms with Gasteiger partial charge in [0.2, 0.25) is 14.0 Å². The van der Waals surface area contributed by atoms with Crippen LogP contribution in [-0.2, 0) is 20.0 Å². The Hall–Kier alpha value is -1.68. The van der Waals surface area contributed by atoms with Crippen LogP contribution in [0.15, 0.2) is 41.3 Å². The quantitative estimate of drug-likeness (QED) is 0.788. The molecule has 0 radical (unpaired) electrons. The molecular weight excluding hydrogens is 340 g/mol. The monoisotopic (exact) mass is 358 g/mol. The van der Waals surface area contributed by atoms with Gasteiger partial charge in [0.1, 0.15) is 0 Å². The van der Waals surface area contributed by atoms with E-state index in [4.69, 9.17) is 5.73 Å². The number of hydrogen-bond donors (Lipinski definition) is 2. The third-order valence-electron chi connectivity index (χ3n) is 3.68. The molecule has 0 aliphatic rings. The van der Waals surface area contributed by atoms with Crippen LogP contribution in [0.2, 0.25) is 0 Å². The van der Waals surface area contributed by atoms with Gasteiger partial charge in [0.15, 0.2) is 0 Å². The Morgan fingerprint density at radius 1 is 1.00 bits per heavy atom. The first-order chi connectivity index (χ1) is 10.4. The molecule has 0 saturated heterocycles. The Morgan fingerprint density at radius 3 is 2.04 bits per heavy atom. The number of sulfone groups is 1. The largest absolute Gasteiger partial charge is 0.377 e. The summed E-state index contributed by atoms with van der Waals surface area (Å²) in [6, 6.07) is 9.54. The number of hydrogen-bond acceptors (Lipinski definition) is 6. The maximum absolute atomic E-state index is 12.7.